The quantitative estimate of drug-likeness (QED) is 0.656. The van der Waals surface area contributed by atoms with Crippen LogP contribution in [0.2, 0.25) is 0 Å². The maximum Gasteiger partial charge on any atom is 0.244 e. The maximum atomic E-state index is 12.0. The number of rotatable bonds is 5. The van der Waals surface area contributed by atoms with Crippen molar-refractivity contribution in [1.29, 1.82) is 0 Å². The Morgan fingerprint density at radius 2 is 2.08 bits per heavy atom. The Bertz CT molecular complexity index is 899. The molecule has 0 bridgehead atoms. The van der Waals surface area contributed by atoms with E-state index in [0.717, 1.165) is 26.8 Å². The van der Waals surface area contributed by atoms with Gasteiger partial charge in [-0.2, -0.15) is 0 Å². The SMILES string of the molecule is COc1ccccc1CNC(=O)C=Cc1cc2cc(Br)ccc2o1. The number of benzene rings is 2. The number of furan rings is 1. The molecule has 5 heteroatoms. The van der Waals surface area contributed by atoms with Gasteiger partial charge in [-0.25, -0.2) is 0 Å². The molecule has 2 aromatic carbocycles. The minimum absolute atomic E-state index is 0.192. The first-order chi connectivity index (χ1) is 11.7. The van der Waals surface area contributed by atoms with Crippen molar-refractivity contribution in [2.45, 2.75) is 6.54 Å². The second kappa shape index (κ2) is 7.36. The number of halogens is 1. The minimum Gasteiger partial charge on any atom is -0.496 e. The lowest BCUT2D eigenvalue weighted by molar-refractivity contribution is -0.116. The maximum absolute atomic E-state index is 12.0. The number of carbonyl (C=O) groups excluding carboxylic acids is 1. The summed E-state index contributed by atoms with van der Waals surface area (Å²) in [5.41, 5.74) is 1.71. The number of nitrogens with one attached hydrogen (secondary N) is 1. The molecule has 1 amide bonds. The zero-order chi connectivity index (χ0) is 16.9. The molecule has 0 unspecified atom stereocenters. The predicted octanol–water partition coefficient (Wildman–Crippen LogP) is 4.53. The largest absolute Gasteiger partial charge is 0.496 e. The summed E-state index contributed by atoms with van der Waals surface area (Å²) in [5, 5.41) is 3.82. The van der Waals surface area contributed by atoms with Crippen LogP contribution in [-0.4, -0.2) is 13.0 Å². The van der Waals surface area contributed by atoms with Crippen LogP contribution in [0.4, 0.5) is 0 Å². The smallest absolute Gasteiger partial charge is 0.244 e. The first-order valence-electron chi connectivity index (χ1n) is 7.42. The van der Waals surface area contributed by atoms with Crippen LogP contribution in [0.1, 0.15) is 11.3 Å². The van der Waals surface area contributed by atoms with Crippen molar-refractivity contribution in [3.8, 4) is 5.75 Å². The van der Waals surface area contributed by atoms with E-state index >= 15 is 0 Å². The van der Waals surface area contributed by atoms with Gasteiger partial charge in [0.2, 0.25) is 5.91 Å². The van der Waals surface area contributed by atoms with Crippen molar-refractivity contribution in [1.82, 2.24) is 5.32 Å². The van der Waals surface area contributed by atoms with E-state index < -0.39 is 0 Å². The minimum atomic E-state index is -0.192. The van der Waals surface area contributed by atoms with E-state index in [1.54, 1.807) is 13.2 Å². The van der Waals surface area contributed by atoms with Crippen LogP contribution in [0, 0.1) is 0 Å². The fourth-order valence-corrected chi connectivity index (χ4v) is 2.74. The summed E-state index contributed by atoms with van der Waals surface area (Å²) in [7, 11) is 1.61. The van der Waals surface area contributed by atoms with Gasteiger partial charge in [-0.3, -0.25) is 4.79 Å². The molecule has 0 saturated heterocycles. The normalized spacial score (nSPS) is 11.1. The number of hydrogen-bond donors (Lipinski definition) is 1. The molecule has 1 aromatic heterocycles. The second-order valence-corrected chi connectivity index (χ2v) is 6.11. The summed E-state index contributed by atoms with van der Waals surface area (Å²) in [6.45, 7) is 0.403. The van der Waals surface area contributed by atoms with E-state index in [1.165, 1.54) is 6.08 Å². The first kappa shape index (κ1) is 16.3. The molecule has 3 rings (SSSR count). The highest BCUT2D eigenvalue weighted by atomic mass is 79.9. The Labute approximate surface area is 148 Å². The third-order valence-corrected chi connectivity index (χ3v) is 4.04. The molecule has 0 spiro atoms. The van der Waals surface area contributed by atoms with Crippen molar-refractivity contribution in [3.05, 3.63) is 70.4 Å². The van der Waals surface area contributed by atoms with Crippen LogP contribution in [0.15, 0.2) is 63.5 Å². The topological polar surface area (TPSA) is 51.5 Å². The predicted molar refractivity (Wildman–Crippen MR) is 97.8 cm³/mol. The molecule has 0 radical (unpaired) electrons. The molecule has 0 aliphatic carbocycles. The van der Waals surface area contributed by atoms with Gasteiger partial charge in [0.05, 0.1) is 7.11 Å². The molecular weight excluding hydrogens is 370 g/mol. The molecule has 24 heavy (non-hydrogen) atoms. The molecule has 3 aromatic rings. The van der Waals surface area contributed by atoms with Crippen molar-refractivity contribution < 1.29 is 13.9 Å². The summed E-state index contributed by atoms with van der Waals surface area (Å²) < 4.78 is 11.9. The molecule has 0 aliphatic rings. The van der Waals surface area contributed by atoms with Gasteiger partial charge in [-0.15, -0.1) is 0 Å². The molecule has 122 valence electrons. The van der Waals surface area contributed by atoms with Crippen LogP contribution >= 0.6 is 15.9 Å². The third kappa shape index (κ3) is 3.86. The van der Waals surface area contributed by atoms with Crippen LogP contribution in [0.5, 0.6) is 5.75 Å². The van der Waals surface area contributed by atoms with E-state index in [0.29, 0.717) is 12.3 Å². The van der Waals surface area contributed by atoms with Crippen molar-refractivity contribution in [2.24, 2.45) is 0 Å². The van der Waals surface area contributed by atoms with Crippen LogP contribution in [0.25, 0.3) is 17.0 Å². The molecule has 0 fully saturated rings. The second-order valence-electron chi connectivity index (χ2n) is 5.19. The van der Waals surface area contributed by atoms with Gasteiger partial charge in [-0.05, 0) is 36.4 Å². The molecule has 1 heterocycles. The fourth-order valence-electron chi connectivity index (χ4n) is 2.36. The van der Waals surface area contributed by atoms with Crippen LogP contribution in [-0.2, 0) is 11.3 Å². The van der Waals surface area contributed by atoms with Crippen molar-refractivity contribution in [2.75, 3.05) is 7.11 Å². The van der Waals surface area contributed by atoms with E-state index in [4.69, 9.17) is 9.15 Å². The highest BCUT2D eigenvalue weighted by molar-refractivity contribution is 9.10. The number of amides is 1. The number of hydrogen-bond acceptors (Lipinski definition) is 3. The molecule has 0 atom stereocenters. The van der Waals surface area contributed by atoms with Crippen molar-refractivity contribution in [3.63, 3.8) is 0 Å². The Morgan fingerprint density at radius 1 is 1.25 bits per heavy atom. The molecule has 0 aliphatic heterocycles. The number of methoxy groups -OCH3 is 1. The zero-order valence-electron chi connectivity index (χ0n) is 13.1. The number of ether oxygens (including phenoxy) is 1. The third-order valence-electron chi connectivity index (χ3n) is 3.54. The van der Waals surface area contributed by atoms with Gasteiger partial charge in [-0.1, -0.05) is 34.1 Å². The lowest BCUT2D eigenvalue weighted by Crippen LogP contribution is -2.20. The van der Waals surface area contributed by atoms with E-state index in [2.05, 4.69) is 21.2 Å². The average Bonchev–Trinajstić information content (AvgIpc) is 3.00. The Balaban J connectivity index is 1.64. The van der Waals surface area contributed by atoms with Gasteiger partial charge >= 0.3 is 0 Å². The van der Waals surface area contributed by atoms with Crippen molar-refractivity contribution >= 4 is 38.9 Å². The Morgan fingerprint density at radius 3 is 2.92 bits per heavy atom. The standard InChI is InChI=1S/C19H16BrNO3/c1-23-17-5-3-2-4-13(17)12-21-19(22)9-7-16-11-14-10-15(20)6-8-18(14)24-16/h2-11H,12H2,1H3,(H,21,22). The summed E-state index contributed by atoms with van der Waals surface area (Å²) in [5.74, 6) is 1.20. The van der Waals surface area contributed by atoms with E-state index in [-0.39, 0.29) is 5.91 Å². The molecule has 4 nitrogen and oxygen atoms in total. The van der Waals surface area contributed by atoms with Crippen LogP contribution in [0.3, 0.4) is 0 Å². The summed E-state index contributed by atoms with van der Waals surface area (Å²) >= 11 is 3.42. The molecular formula is C19H16BrNO3. The lowest BCUT2D eigenvalue weighted by Gasteiger charge is -2.08. The van der Waals surface area contributed by atoms with Gasteiger partial charge in [0, 0.05) is 28.0 Å². The van der Waals surface area contributed by atoms with E-state index in [9.17, 15) is 4.79 Å². The number of para-hydroxylation sites is 1. The monoisotopic (exact) mass is 385 g/mol. The average molecular weight is 386 g/mol. The van der Waals surface area contributed by atoms with Gasteiger partial charge in [0.15, 0.2) is 0 Å². The highest BCUT2D eigenvalue weighted by Gasteiger charge is 2.04. The Hall–Kier alpha value is -2.53. The fraction of sp³-hybridized carbons (Fsp3) is 0.105. The van der Waals surface area contributed by atoms with Gasteiger partial charge < -0.3 is 14.5 Å². The molecule has 0 saturated carbocycles. The molecule has 1 N–H and O–H groups in total. The number of carbonyl (C=O) groups is 1. The van der Waals surface area contributed by atoms with Gasteiger partial charge in [0.1, 0.15) is 17.1 Å². The summed E-state index contributed by atoms with van der Waals surface area (Å²) in [6.07, 6.45) is 3.12. The van der Waals surface area contributed by atoms with E-state index in [1.807, 2.05) is 48.5 Å². The van der Waals surface area contributed by atoms with Gasteiger partial charge in [0.25, 0.3) is 0 Å². The zero-order valence-corrected chi connectivity index (χ0v) is 14.7. The highest BCUT2D eigenvalue weighted by Crippen LogP contribution is 2.24. The summed E-state index contributed by atoms with van der Waals surface area (Å²) in [6, 6.07) is 15.2. The first-order valence-corrected chi connectivity index (χ1v) is 8.22. The summed E-state index contributed by atoms with van der Waals surface area (Å²) in [4.78, 5) is 12.0. The van der Waals surface area contributed by atoms with Crippen LogP contribution < -0.4 is 10.1 Å². The Kier molecular flexibility index (Phi) is 5.01. The number of fused-ring (bicyclic) bond motifs is 1. The lowest BCUT2D eigenvalue weighted by atomic mass is 10.2.